The molecule has 2 aromatic heterocycles. The molecule has 3 nitrogen and oxygen atoms in total. The molecule has 1 fully saturated rings. The monoisotopic (exact) mass is 337 g/mol. The van der Waals surface area contributed by atoms with Crippen LogP contribution in [0.1, 0.15) is 32.6 Å². The van der Waals surface area contributed by atoms with Gasteiger partial charge >= 0.3 is 7.12 Å². The van der Waals surface area contributed by atoms with Gasteiger partial charge in [0, 0.05) is 16.5 Å². The molecule has 2 aromatic rings. The van der Waals surface area contributed by atoms with E-state index in [-0.39, 0.29) is 0 Å². The van der Waals surface area contributed by atoms with Crippen molar-refractivity contribution >= 4 is 35.9 Å². The normalized spacial score (nSPS) is 20.6. The molecular weight excluding hydrogens is 320 g/mol. The van der Waals surface area contributed by atoms with Crippen LogP contribution in [0.15, 0.2) is 29.4 Å². The van der Waals surface area contributed by atoms with Gasteiger partial charge in [-0.15, -0.1) is 22.7 Å². The van der Waals surface area contributed by atoms with Crippen LogP contribution in [0.2, 0.25) is 0 Å². The highest BCUT2D eigenvalue weighted by molar-refractivity contribution is 7.21. The van der Waals surface area contributed by atoms with Gasteiger partial charge in [0.15, 0.2) is 0 Å². The fourth-order valence-electron chi connectivity index (χ4n) is 2.05. The van der Waals surface area contributed by atoms with Crippen molar-refractivity contribution in [1.29, 1.82) is 0 Å². The van der Waals surface area contributed by atoms with E-state index in [2.05, 4.69) is 4.98 Å². The minimum atomic E-state index is -0.949. The first-order chi connectivity index (χ1) is 10.3. The van der Waals surface area contributed by atoms with Crippen LogP contribution in [0, 0.1) is 0 Å². The van der Waals surface area contributed by atoms with Gasteiger partial charge in [-0.05, 0) is 45.9 Å². The number of halogens is 1. The van der Waals surface area contributed by atoms with Crippen molar-refractivity contribution in [2.75, 3.05) is 0 Å². The maximum Gasteiger partial charge on any atom is 0.525 e. The Bertz CT molecular complexity index is 678. The SMILES string of the molecule is CC1(C)OB(C(F)=Cc2ccc(-c3nccs3)s2)OC1(C)C. The predicted molar refractivity (Wildman–Crippen MR) is 90.6 cm³/mol. The van der Waals surface area contributed by atoms with Crippen molar-refractivity contribution in [2.24, 2.45) is 0 Å². The first-order valence-electron chi connectivity index (χ1n) is 7.01. The van der Waals surface area contributed by atoms with Crippen LogP contribution in [0.25, 0.3) is 16.0 Å². The molecule has 1 aliphatic rings. The fraction of sp³-hybridized carbons (Fsp3) is 0.400. The summed E-state index contributed by atoms with van der Waals surface area (Å²) < 4.78 is 25.8. The van der Waals surface area contributed by atoms with Crippen molar-refractivity contribution in [1.82, 2.24) is 4.98 Å². The van der Waals surface area contributed by atoms with E-state index in [4.69, 9.17) is 9.31 Å². The van der Waals surface area contributed by atoms with Crippen molar-refractivity contribution in [3.8, 4) is 9.88 Å². The maximum absolute atomic E-state index is 14.4. The summed E-state index contributed by atoms with van der Waals surface area (Å²) >= 11 is 3.07. The van der Waals surface area contributed by atoms with Crippen molar-refractivity contribution < 1.29 is 13.7 Å². The Labute approximate surface area is 137 Å². The Kier molecular flexibility index (Phi) is 4.01. The lowest BCUT2D eigenvalue weighted by Crippen LogP contribution is -2.41. The van der Waals surface area contributed by atoms with Crippen LogP contribution in [-0.4, -0.2) is 23.3 Å². The summed E-state index contributed by atoms with van der Waals surface area (Å²) in [7, 11) is -0.949. The topological polar surface area (TPSA) is 31.4 Å². The van der Waals surface area contributed by atoms with Crippen molar-refractivity contribution in [3.63, 3.8) is 0 Å². The minimum absolute atomic E-state index is 0.411. The molecule has 1 saturated heterocycles. The van der Waals surface area contributed by atoms with E-state index in [0.717, 1.165) is 14.8 Å². The summed E-state index contributed by atoms with van der Waals surface area (Å²) in [6, 6.07) is 3.83. The molecule has 1 aliphatic heterocycles. The third-order valence-corrected chi connectivity index (χ3v) is 6.00. The van der Waals surface area contributed by atoms with Crippen LogP contribution < -0.4 is 0 Å². The molecule has 0 unspecified atom stereocenters. The van der Waals surface area contributed by atoms with Gasteiger partial charge in [-0.25, -0.2) is 9.37 Å². The Morgan fingerprint density at radius 3 is 2.50 bits per heavy atom. The van der Waals surface area contributed by atoms with Gasteiger partial charge < -0.3 is 9.31 Å². The molecule has 116 valence electrons. The van der Waals surface area contributed by atoms with Gasteiger partial charge in [-0.3, -0.25) is 0 Å². The van der Waals surface area contributed by atoms with E-state index in [1.165, 1.54) is 17.4 Å². The lowest BCUT2D eigenvalue weighted by molar-refractivity contribution is 0.00578. The third kappa shape index (κ3) is 2.90. The molecule has 7 heteroatoms. The summed E-state index contributed by atoms with van der Waals surface area (Å²) in [5.74, 6) is 0. The summed E-state index contributed by atoms with van der Waals surface area (Å²) in [6.45, 7) is 7.63. The summed E-state index contributed by atoms with van der Waals surface area (Å²) in [6.07, 6.45) is 3.24. The Morgan fingerprint density at radius 2 is 1.91 bits per heavy atom. The van der Waals surface area contributed by atoms with E-state index in [0.29, 0.717) is 0 Å². The Balaban J connectivity index is 1.79. The molecule has 0 aliphatic carbocycles. The standard InChI is InChI=1S/C15H17BFNO2S2/c1-14(2)15(3,4)20-16(19-14)12(17)9-10-5-6-11(22-10)13-18-7-8-21-13/h5-9H,1-4H3. The molecule has 22 heavy (non-hydrogen) atoms. The van der Waals surface area contributed by atoms with Gasteiger partial charge in [0.25, 0.3) is 0 Å². The van der Waals surface area contributed by atoms with Gasteiger partial charge in [-0.1, -0.05) is 0 Å². The van der Waals surface area contributed by atoms with Gasteiger partial charge in [0.2, 0.25) is 0 Å². The highest BCUT2D eigenvalue weighted by atomic mass is 32.1. The molecule has 0 spiro atoms. The third-order valence-electron chi connectivity index (χ3n) is 4.03. The fourth-order valence-corrected chi connectivity index (χ4v) is 3.71. The highest BCUT2D eigenvalue weighted by Crippen LogP contribution is 2.39. The van der Waals surface area contributed by atoms with E-state index < -0.39 is 24.0 Å². The van der Waals surface area contributed by atoms with Gasteiger partial charge in [0.1, 0.15) is 10.7 Å². The average Bonchev–Trinajstić information content (AvgIpc) is 3.09. The smallest absolute Gasteiger partial charge is 0.398 e. The number of rotatable bonds is 3. The zero-order valence-corrected chi connectivity index (χ0v) is 14.6. The number of hydrogen-bond acceptors (Lipinski definition) is 5. The lowest BCUT2D eigenvalue weighted by Gasteiger charge is -2.32. The van der Waals surface area contributed by atoms with Crippen LogP contribution in [0.3, 0.4) is 0 Å². The number of nitrogens with zero attached hydrogens (tertiary/aromatic N) is 1. The Morgan fingerprint density at radius 1 is 1.23 bits per heavy atom. The highest BCUT2D eigenvalue weighted by Gasteiger charge is 2.53. The molecule has 0 N–H and O–H groups in total. The van der Waals surface area contributed by atoms with Crippen molar-refractivity contribution in [3.05, 3.63) is 34.3 Å². The van der Waals surface area contributed by atoms with E-state index in [1.54, 1.807) is 17.5 Å². The number of thiophene rings is 1. The lowest BCUT2D eigenvalue weighted by atomic mass is 9.87. The van der Waals surface area contributed by atoms with E-state index in [9.17, 15) is 4.39 Å². The van der Waals surface area contributed by atoms with Gasteiger partial charge in [0.05, 0.1) is 16.1 Å². The number of thiazole rings is 1. The zero-order valence-electron chi connectivity index (χ0n) is 12.9. The van der Waals surface area contributed by atoms with Crippen LogP contribution in [0.5, 0.6) is 0 Å². The zero-order chi connectivity index (χ0) is 16.0. The average molecular weight is 337 g/mol. The summed E-state index contributed by atoms with van der Waals surface area (Å²) in [4.78, 5) is 6.11. The van der Waals surface area contributed by atoms with E-state index in [1.807, 2.05) is 45.2 Å². The maximum atomic E-state index is 14.4. The number of hydrogen-bond donors (Lipinski definition) is 0. The molecule has 3 rings (SSSR count). The summed E-state index contributed by atoms with van der Waals surface area (Å²) in [5, 5.41) is 2.87. The van der Waals surface area contributed by atoms with Crippen molar-refractivity contribution in [2.45, 2.75) is 38.9 Å². The van der Waals surface area contributed by atoms with Gasteiger partial charge in [-0.2, -0.15) is 0 Å². The molecule has 0 amide bonds. The molecule has 0 radical (unpaired) electrons. The molecule has 0 atom stereocenters. The second kappa shape index (κ2) is 5.56. The first-order valence-corrected chi connectivity index (χ1v) is 8.70. The number of aromatic nitrogens is 1. The molecule has 3 heterocycles. The second-order valence-electron chi connectivity index (χ2n) is 6.16. The first kappa shape index (κ1) is 15.9. The quantitative estimate of drug-likeness (QED) is 0.753. The Hall–Kier alpha value is -1.02. The minimum Gasteiger partial charge on any atom is -0.398 e. The van der Waals surface area contributed by atoms with E-state index >= 15 is 0 Å². The molecule has 0 bridgehead atoms. The van der Waals surface area contributed by atoms with Crippen LogP contribution in [0.4, 0.5) is 4.39 Å². The van der Waals surface area contributed by atoms with Crippen LogP contribution in [-0.2, 0) is 9.31 Å². The largest absolute Gasteiger partial charge is 0.525 e. The molecular formula is C15H17BFNO2S2. The molecule has 0 aromatic carbocycles. The summed E-state index contributed by atoms with van der Waals surface area (Å²) in [5.41, 5.74) is -1.49. The molecule has 0 saturated carbocycles. The predicted octanol–water partition coefficient (Wildman–Crippen LogP) is 4.81. The second-order valence-corrected chi connectivity index (χ2v) is 8.17. The van der Waals surface area contributed by atoms with Crippen LogP contribution >= 0.6 is 22.7 Å².